The van der Waals surface area contributed by atoms with Crippen LogP contribution in [-0.4, -0.2) is 43.8 Å². The summed E-state index contributed by atoms with van der Waals surface area (Å²) in [6.07, 6.45) is 6.71. The topological polar surface area (TPSA) is 27.7 Å². The van der Waals surface area contributed by atoms with Crippen molar-refractivity contribution in [1.29, 1.82) is 0 Å². The summed E-state index contributed by atoms with van der Waals surface area (Å²) in [6, 6.07) is 4.79. The Kier molecular flexibility index (Phi) is 6.70. The summed E-state index contributed by atoms with van der Waals surface area (Å²) in [5, 5.41) is 2.36. The molecule has 4 nitrogen and oxygen atoms in total. The van der Waals surface area contributed by atoms with Crippen LogP contribution in [0.4, 0.5) is 10.1 Å². The Balaban J connectivity index is 1.70. The average molecular weight is 368 g/mol. The van der Waals surface area contributed by atoms with Gasteiger partial charge in [-0.15, -0.1) is 0 Å². The highest BCUT2D eigenvalue weighted by Gasteiger charge is 2.27. The molecule has 138 valence electrons. The SMILES string of the molecule is CCOCCCC1NN(c2ccc(F)cc2Cl)C=C1CN1CCCC1. The van der Waals surface area contributed by atoms with Gasteiger partial charge in [0.05, 0.1) is 16.8 Å². The van der Waals surface area contributed by atoms with Crippen molar-refractivity contribution in [1.82, 2.24) is 10.3 Å². The van der Waals surface area contributed by atoms with E-state index in [-0.39, 0.29) is 11.9 Å². The Morgan fingerprint density at radius 1 is 1.32 bits per heavy atom. The van der Waals surface area contributed by atoms with E-state index in [0.717, 1.165) is 38.3 Å². The fourth-order valence-corrected chi connectivity index (χ4v) is 3.75. The lowest BCUT2D eigenvalue weighted by Crippen LogP contribution is -2.38. The minimum atomic E-state index is -0.317. The van der Waals surface area contributed by atoms with Crippen molar-refractivity contribution < 1.29 is 9.13 Å². The Morgan fingerprint density at radius 3 is 2.84 bits per heavy atom. The number of hydrogen-bond donors (Lipinski definition) is 1. The molecule has 1 unspecified atom stereocenters. The first-order chi connectivity index (χ1) is 12.2. The van der Waals surface area contributed by atoms with Gasteiger partial charge in [0.25, 0.3) is 0 Å². The smallest absolute Gasteiger partial charge is 0.124 e. The quantitative estimate of drug-likeness (QED) is 0.704. The molecule has 1 saturated heterocycles. The molecule has 1 aromatic carbocycles. The molecule has 25 heavy (non-hydrogen) atoms. The first-order valence-electron chi connectivity index (χ1n) is 9.18. The van der Waals surface area contributed by atoms with E-state index in [0.29, 0.717) is 5.02 Å². The number of nitrogens with one attached hydrogen (secondary N) is 1. The lowest BCUT2D eigenvalue weighted by molar-refractivity contribution is 0.141. The highest BCUT2D eigenvalue weighted by atomic mass is 35.5. The summed E-state index contributed by atoms with van der Waals surface area (Å²) >= 11 is 6.24. The number of ether oxygens (including phenoxy) is 1. The molecule has 0 aliphatic carbocycles. The average Bonchev–Trinajstić information content (AvgIpc) is 3.22. The molecular formula is C19H27ClFN3O. The maximum atomic E-state index is 13.3. The van der Waals surface area contributed by atoms with Crippen LogP contribution in [0, 0.1) is 5.82 Å². The first-order valence-corrected chi connectivity index (χ1v) is 9.56. The molecule has 1 aromatic rings. The molecule has 2 heterocycles. The molecule has 6 heteroatoms. The summed E-state index contributed by atoms with van der Waals surface area (Å²) in [5.74, 6) is -0.317. The van der Waals surface area contributed by atoms with Crippen LogP contribution >= 0.6 is 11.6 Å². The van der Waals surface area contributed by atoms with Crippen molar-refractivity contribution in [2.45, 2.75) is 38.6 Å². The Labute approximate surface area is 154 Å². The fraction of sp³-hybridized carbons (Fsp3) is 0.579. The summed E-state index contributed by atoms with van der Waals surface area (Å²) in [5.41, 5.74) is 5.67. The van der Waals surface area contributed by atoms with E-state index in [1.165, 1.54) is 43.6 Å². The standard InChI is InChI=1S/C19H27ClFN3O/c1-2-25-11-5-6-18-15(13-23-9-3-4-10-23)14-24(22-18)19-8-7-16(21)12-17(19)20/h7-8,12,14,18,22H,2-6,9-11,13H2,1H3. The van der Waals surface area contributed by atoms with Gasteiger partial charge in [-0.1, -0.05) is 11.6 Å². The molecule has 3 rings (SSSR count). The molecule has 0 bridgehead atoms. The summed E-state index contributed by atoms with van der Waals surface area (Å²) in [6.45, 7) is 6.86. The first kappa shape index (κ1) is 18.6. The Bertz CT molecular complexity index is 604. The second-order valence-electron chi connectivity index (χ2n) is 6.67. The zero-order chi connectivity index (χ0) is 17.6. The molecule has 1 N–H and O–H groups in total. The van der Waals surface area contributed by atoms with Crippen LogP contribution < -0.4 is 10.4 Å². The maximum Gasteiger partial charge on any atom is 0.124 e. The summed E-state index contributed by atoms with van der Waals surface area (Å²) < 4.78 is 18.8. The maximum absolute atomic E-state index is 13.3. The van der Waals surface area contributed by atoms with Crippen LogP contribution in [-0.2, 0) is 4.74 Å². The fourth-order valence-electron chi connectivity index (χ4n) is 3.49. The lowest BCUT2D eigenvalue weighted by Gasteiger charge is -2.22. The van der Waals surface area contributed by atoms with E-state index in [9.17, 15) is 4.39 Å². The van der Waals surface area contributed by atoms with Gasteiger partial charge in [-0.25, -0.2) is 9.82 Å². The van der Waals surface area contributed by atoms with E-state index in [4.69, 9.17) is 16.3 Å². The Morgan fingerprint density at radius 2 is 2.12 bits per heavy atom. The number of benzene rings is 1. The number of hydrazine groups is 1. The van der Waals surface area contributed by atoms with Crippen molar-refractivity contribution in [2.75, 3.05) is 37.9 Å². The normalized spacial score (nSPS) is 21.2. The van der Waals surface area contributed by atoms with Crippen molar-refractivity contribution >= 4 is 17.3 Å². The molecule has 0 amide bonds. The number of hydrogen-bond acceptors (Lipinski definition) is 4. The molecule has 2 aliphatic heterocycles. The molecule has 1 atom stereocenters. The summed E-state index contributed by atoms with van der Waals surface area (Å²) in [4.78, 5) is 2.50. The van der Waals surface area contributed by atoms with Crippen LogP contribution in [0.3, 0.4) is 0 Å². The van der Waals surface area contributed by atoms with Crippen LogP contribution in [0.2, 0.25) is 5.02 Å². The molecule has 0 saturated carbocycles. The molecule has 0 aromatic heterocycles. The van der Waals surface area contributed by atoms with Crippen molar-refractivity contribution in [2.24, 2.45) is 0 Å². The van der Waals surface area contributed by atoms with E-state index in [2.05, 4.69) is 16.5 Å². The highest BCUT2D eigenvalue weighted by molar-refractivity contribution is 6.33. The van der Waals surface area contributed by atoms with E-state index < -0.39 is 0 Å². The third-order valence-electron chi connectivity index (χ3n) is 4.80. The van der Waals surface area contributed by atoms with Crippen LogP contribution in [0.1, 0.15) is 32.6 Å². The van der Waals surface area contributed by atoms with Gasteiger partial charge in [-0.2, -0.15) is 0 Å². The zero-order valence-corrected chi connectivity index (χ0v) is 15.6. The Hall–Kier alpha value is -1.14. The van der Waals surface area contributed by atoms with Crippen molar-refractivity contribution in [3.63, 3.8) is 0 Å². The lowest BCUT2D eigenvalue weighted by atomic mass is 10.0. The van der Waals surface area contributed by atoms with E-state index >= 15 is 0 Å². The van der Waals surface area contributed by atoms with Gasteiger partial charge in [0.15, 0.2) is 0 Å². The number of anilines is 1. The largest absolute Gasteiger partial charge is 0.382 e. The molecular weight excluding hydrogens is 341 g/mol. The minimum Gasteiger partial charge on any atom is -0.382 e. The third kappa shape index (κ3) is 4.94. The molecule has 0 radical (unpaired) electrons. The van der Waals surface area contributed by atoms with Gasteiger partial charge >= 0.3 is 0 Å². The van der Waals surface area contributed by atoms with Crippen molar-refractivity contribution in [3.05, 3.63) is 40.8 Å². The van der Waals surface area contributed by atoms with Gasteiger partial charge < -0.3 is 4.74 Å². The number of nitrogens with zero attached hydrogens (tertiary/aromatic N) is 2. The van der Waals surface area contributed by atoms with Crippen molar-refractivity contribution in [3.8, 4) is 0 Å². The predicted molar refractivity (Wildman–Crippen MR) is 100 cm³/mol. The summed E-state index contributed by atoms with van der Waals surface area (Å²) in [7, 11) is 0. The van der Waals surface area contributed by atoms with E-state index in [1.807, 2.05) is 11.9 Å². The minimum absolute atomic E-state index is 0.266. The highest BCUT2D eigenvalue weighted by Crippen LogP contribution is 2.30. The second kappa shape index (κ2) is 8.99. The van der Waals surface area contributed by atoms with Gasteiger partial charge in [0.1, 0.15) is 5.82 Å². The van der Waals surface area contributed by atoms with Crippen LogP contribution in [0.15, 0.2) is 30.0 Å². The zero-order valence-electron chi connectivity index (χ0n) is 14.8. The predicted octanol–water partition coefficient (Wildman–Crippen LogP) is 3.97. The van der Waals surface area contributed by atoms with Gasteiger partial charge in [0.2, 0.25) is 0 Å². The third-order valence-corrected chi connectivity index (χ3v) is 5.10. The number of rotatable bonds is 8. The molecule has 1 fully saturated rings. The van der Waals surface area contributed by atoms with Crippen LogP contribution in [0.25, 0.3) is 0 Å². The van der Waals surface area contributed by atoms with Gasteiger partial charge in [-0.3, -0.25) is 9.91 Å². The number of halogens is 2. The van der Waals surface area contributed by atoms with E-state index in [1.54, 1.807) is 6.07 Å². The second-order valence-corrected chi connectivity index (χ2v) is 7.08. The number of likely N-dealkylation sites (tertiary alicyclic amines) is 1. The molecule has 2 aliphatic rings. The van der Waals surface area contributed by atoms with Gasteiger partial charge in [0, 0.05) is 26.0 Å². The van der Waals surface area contributed by atoms with Gasteiger partial charge in [-0.05, 0) is 69.5 Å². The molecule has 0 spiro atoms. The van der Waals surface area contributed by atoms with Crippen LogP contribution in [0.5, 0.6) is 0 Å². The monoisotopic (exact) mass is 367 g/mol.